The number of carbonyl (C=O) groups excluding carboxylic acids is 1. The van der Waals surface area contributed by atoms with E-state index in [2.05, 4.69) is 15.6 Å². The molecule has 0 saturated heterocycles. The molecule has 4 aromatic rings. The normalized spacial score (nSPS) is 10.6. The summed E-state index contributed by atoms with van der Waals surface area (Å²) in [6, 6.07) is 22.4. The number of hydrogen-bond acceptors (Lipinski definition) is 5. The average Bonchev–Trinajstić information content (AvgIpc) is 3.23. The molecule has 31 heavy (non-hydrogen) atoms. The Hall–Kier alpha value is -3.71. The lowest BCUT2D eigenvalue weighted by molar-refractivity contribution is 0.0976. The van der Waals surface area contributed by atoms with Gasteiger partial charge in [-0.15, -0.1) is 0 Å². The zero-order valence-electron chi connectivity index (χ0n) is 16.9. The van der Waals surface area contributed by atoms with E-state index in [1.165, 1.54) is 0 Å². The van der Waals surface area contributed by atoms with Crippen LogP contribution in [0.2, 0.25) is 0 Å². The quantitative estimate of drug-likeness (QED) is 0.431. The van der Waals surface area contributed by atoms with Gasteiger partial charge < -0.3 is 14.5 Å². The van der Waals surface area contributed by atoms with Crippen molar-refractivity contribution < 1.29 is 13.9 Å². The predicted octanol–water partition coefficient (Wildman–Crippen LogP) is 4.70. The number of nitrogens with zero attached hydrogens (tertiary/aromatic N) is 1. The van der Waals surface area contributed by atoms with Crippen molar-refractivity contribution in [3.05, 3.63) is 83.9 Å². The van der Waals surface area contributed by atoms with Gasteiger partial charge in [0.2, 0.25) is 5.89 Å². The van der Waals surface area contributed by atoms with Crippen LogP contribution in [0.3, 0.4) is 0 Å². The summed E-state index contributed by atoms with van der Waals surface area (Å²) in [5.74, 6) is 1.03. The smallest absolute Gasteiger partial charge is 0.257 e. The van der Waals surface area contributed by atoms with Crippen molar-refractivity contribution in [3.8, 4) is 17.2 Å². The van der Waals surface area contributed by atoms with E-state index in [1.807, 2.05) is 55.5 Å². The van der Waals surface area contributed by atoms with Gasteiger partial charge in [-0.05, 0) is 73.2 Å². The van der Waals surface area contributed by atoms with Crippen LogP contribution in [-0.2, 0) is 6.54 Å². The van der Waals surface area contributed by atoms with E-state index < -0.39 is 0 Å². The molecule has 0 spiro atoms. The number of amides is 1. The molecule has 1 aromatic heterocycles. The zero-order valence-corrected chi connectivity index (χ0v) is 17.7. The summed E-state index contributed by atoms with van der Waals surface area (Å²) in [5.41, 5.74) is 4.01. The van der Waals surface area contributed by atoms with Crippen LogP contribution in [0.4, 0.5) is 0 Å². The Morgan fingerprint density at radius 3 is 2.48 bits per heavy atom. The number of nitrogens with one attached hydrogen (secondary N) is 2. The fourth-order valence-electron chi connectivity index (χ4n) is 3.03. The molecular formula is C24H21N3O3S. The second kappa shape index (κ2) is 9.40. The Morgan fingerprint density at radius 1 is 1.03 bits per heavy atom. The standard InChI is InChI=1S/C24H21N3O3S/c1-2-29-19-13-11-17(12-14-19)22(28)27-24(31)25-15-16-7-9-18(10-8-16)23-26-20-5-3-4-6-21(20)30-23/h3-14H,2,15H2,1H3,(H2,25,27,28,31). The number of ether oxygens (including phenoxy) is 1. The second-order valence-electron chi connectivity index (χ2n) is 6.78. The van der Waals surface area contributed by atoms with Crippen molar-refractivity contribution in [2.24, 2.45) is 0 Å². The predicted molar refractivity (Wildman–Crippen MR) is 124 cm³/mol. The Morgan fingerprint density at radius 2 is 1.77 bits per heavy atom. The maximum absolute atomic E-state index is 12.3. The molecule has 6 nitrogen and oxygen atoms in total. The fourth-order valence-corrected chi connectivity index (χ4v) is 3.20. The Labute approximate surface area is 185 Å². The number of rotatable bonds is 6. The topological polar surface area (TPSA) is 76.4 Å². The van der Waals surface area contributed by atoms with Gasteiger partial charge in [-0.25, -0.2) is 4.98 Å². The molecule has 7 heteroatoms. The van der Waals surface area contributed by atoms with E-state index in [-0.39, 0.29) is 11.0 Å². The third kappa shape index (κ3) is 5.07. The van der Waals surface area contributed by atoms with Crippen molar-refractivity contribution in [2.45, 2.75) is 13.5 Å². The highest BCUT2D eigenvalue weighted by molar-refractivity contribution is 7.80. The molecule has 0 saturated carbocycles. The van der Waals surface area contributed by atoms with Crippen LogP contribution >= 0.6 is 12.2 Å². The van der Waals surface area contributed by atoms with Crippen LogP contribution in [-0.4, -0.2) is 22.6 Å². The molecule has 0 bridgehead atoms. The average molecular weight is 432 g/mol. The van der Waals surface area contributed by atoms with Gasteiger partial charge in [0.25, 0.3) is 5.91 Å². The minimum Gasteiger partial charge on any atom is -0.494 e. The van der Waals surface area contributed by atoms with Gasteiger partial charge in [0.1, 0.15) is 11.3 Å². The molecule has 0 aliphatic rings. The summed E-state index contributed by atoms with van der Waals surface area (Å²) in [7, 11) is 0. The van der Waals surface area contributed by atoms with E-state index in [0.717, 1.165) is 28.0 Å². The van der Waals surface area contributed by atoms with E-state index in [0.29, 0.717) is 24.6 Å². The van der Waals surface area contributed by atoms with E-state index >= 15 is 0 Å². The summed E-state index contributed by atoms with van der Waals surface area (Å²) in [5, 5.41) is 6.00. The second-order valence-corrected chi connectivity index (χ2v) is 7.19. The molecule has 0 radical (unpaired) electrons. The zero-order chi connectivity index (χ0) is 21.6. The lowest BCUT2D eigenvalue weighted by Crippen LogP contribution is -2.38. The number of benzene rings is 3. The van der Waals surface area contributed by atoms with Gasteiger partial charge in [-0.3, -0.25) is 10.1 Å². The first-order valence-electron chi connectivity index (χ1n) is 9.89. The molecule has 4 rings (SSSR count). The maximum atomic E-state index is 12.3. The molecule has 0 unspecified atom stereocenters. The molecule has 2 N–H and O–H groups in total. The molecule has 0 aliphatic heterocycles. The van der Waals surface area contributed by atoms with Gasteiger partial charge in [0.05, 0.1) is 6.61 Å². The molecule has 1 heterocycles. The summed E-state index contributed by atoms with van der Waals surface area (Å²) in [6.45, 7) is 2.97. The number of para-hydroxylation sites is 2. The number of thiocarbonyl (C=S) groups is 1. The van der Waals surface area contributed by atoms with Gasteiger partial charge >= 0.3 is 0 Å². The van der Waals surface area contributed by atoms with Crippen molar-refractivity contribution >= 4 is 34.3 Å². The highest BCUT2D eigenvalue weighted by atomic mass is 32.1. The number of fused-ring (bicyclic) bond motifs is 1. The lowest BCUT2D eigenvalue weighted by atomic mass is 10.1. The Bertz CT molecular complexity index is 1170. The molecular weight excluding hydrogens is 410 g/mol. The van der Waals surface area contributed by atoms with E-state index in [1.54, 1.807) is 24.3 Å². The van der Waals surface area contributed by atoms with E-state index in [9.17, 15) is 4.79 Å². The van der Waals surface area contributed by atoms with E-state index in [4.69, 9.17) is 21.4 Å². The molecule has 1 amide bonds. The van der Waals surface area contributed by atoms with Crippen LogP contribution < -0.4 is 15.4 Å². The van der Waals surface area contributed by atoms with Crippen LogP contribution in [0.15, 0.2) is 77.2 Å². The Balaban J connectivity index is 1.31. The Kier molecular flexibility index (Phi) is 6.24. The minimum atomic E-state index is -0.271. The van der Waals surface area contributed by atoms with Gasteiger partial charge in [-0.2, -0.15) is 0 Å². The highest BCUT2D eigenvalue weighted by Crippen LogP contribution is 2.24. The first-order chi connectivity index (χ1) is 15.1. The van der Waals surface area contributed by atoms with Gasteiger partial charge in [0.15, 0.2) is 10.7 Å². The summed E-state index contributed by atoms with van der Waals surface area (Å²) in [6.07, 6.45) is 0. The first kappa shape index (κ1) is 20.6. The third-order valence-electron chi connectivity index (χ3n) is 4.60. The van der Waals surface area contributed by atoms with Gasteiger partial charge in [-0.1, -0.05) is 24.3 Å². The monoisotopic (exact) mass is 431 g/mol. The van der Waals surface area contributed by atoms with Crippen LogP contribution in [0.1, 0.15) is 22.8 Å². The van der Waals surface area contributed by atoms with Crippen molar-refractivity contribution in [1.82, 2.24) is 15.6 Å². The summed E-state index contributed by atoms with van der Waals surface area (Å²) in [4.78, 5) is 16.8. The van der Waals surface area contributed by atoms with Gasteiger partial charge in [0, 0.05) is 17.7 Å². The molecule has 156 valence electrons. The van der Waals surface area contributed by atoms with Crippen LogP contribution in [0.25, 0.3) is 22.6 Å². The highest BCUT2D eigenvalue weighted by Gasteiger charge is 2.09. The fraction of sp³-hybridized carbons (Fsp3) is 0.125. The lowest BCUT2D eigenvalue weighted by Gasteiger charge is -2.10. The maximum Gasteiger partial charge on any atom is 0.257 e. The number of aromatic nitrogens is 1. The molecule has 0 fully saturated rings. The molecule has 0 aliphatic carbocycles. The third-order valence-corrected chi connectivity index (χ3v) is 4.85. The summed E-state index contributed by atoms with van der Waals surface area (Å²) < 4.78 is 11.2. The molecule has 3 aromatic carbocycles. The number of hydrogen-bond donors (Lipinski definition) is 2. The van der Waals surface area contributed by atoms with Crippen LogP contribution in [0.5, 0.6) is 5.75 Å². The minimum absolute atomic E-state index is 0.266. The number of oxazole rings is 1. The van der Waals surface area contributed by atoms with Crippen LogP contribution in [0, 0.1) is 0 Å². The summed E-state index contributed by atoms with van der Waals surface area (Å²) >= 11 is 5.24. The van der Waals surface area contributed by atoms with Crippen molar-refractivity contribution in [1.29, 1.82) is 0 Å². The van der Waals surface area contributed by atoms with Crippen molar-refractivity contribution in [2.75, 3.05) is 6.61 Å². The first-order valence-corrected chi connectivity index (χ1v) is 10.3. The molecule has 0 atom stereocenters. The largest absolute Gasteiger partial charge is 0.494 e. The van der Waals surface area contributed by atoms with Crippen molar-refractivity contribution in [3.63, 3.8) is 0 Å². The number of carbonyl (C=O) groups is 1. The SMILES string of the molecule is CCOc1ccc(C(=O)NC(=S)NCc2ccc(-c3nc4ccccc4o3)cc2)cc1.